The Bertz CT molecular complexity index is 988. The predicted molar refractivity (Wildman–Crippen MR) is 90.7 cm³/mol. The van der Waals surface area contributed by atoms with Crippen LogP contribution in [0.1, 0.15) is 25.8 Å². The van der Waals surface area contributed by atoms with Gasteiger partial charge in [-0.1, -0.05) is 13.3 Å². The van der Waals surface area contributed by atoms with Crippen molar-refractivity contribution in [3.05, 3.63) is 63.0 Å². The summed E-state index contributed by atoms with van der Waals surface area (Å²) in [5.74, 6) is 0.392. The minimum absolute atomic E-state index is 0.00856. The molecule has 0 radical (unpaired) electrons. The molecule has 0 amide bonds. The van der Waals surface area contributed by atoms with Crippen LogP contribution in [0.25, 0.3) is 11.0 Å². The average Bonchev–Trinajstić information content (AvgIpc) is 2.56. The summed E-state index contributed by atoms with van der Waals surface area (Å²) in [6.07, 6.45) is 4.84. The van der Waals surface area contributed by atoms with Gasteiger partial charge in [0.2, 0.25) is 0 Å². The lowest BCUT2D eigenvalue weighted by molar-refractivity contribution is 0.444. The van der Waals surface area contributed by atoms with E-state index in [2.05, 4.69) is 11.9 Å². The van der Waals surface area contributed by atoms with Crippen LogP contribution in [0.4, 0.5) is 0 Å². The van der Waals surface area contributed by atoms with Crippen molar-refractivity contribution < 1.29 is 9.15 Å². The summed E-state index contributed by atoms with van der Waals surface area (Å²) in [6, 6.07) is 6.71. The van der Waals surface area contributed by atoms with Crippen LogP contribution in [-0.2, 0) is 13.0 Å². The second-order valence-electron chi connectivity index (χ2n) is 5.42. The van der Waals surface area contributed by atoms with Gasteiger partial charge in [-0.2, -0.15) is 0 Å². The number of benzene rings is 1. The quantitative estimate of drug-likeness (QED) is 0.674. The third-order valence-corrected chi connectivity index (χ3v) is 3.76. The number of hydrogen-bond donors (Lipinski definition) is 0. The first-order valence-corrected chi connectivity index (χ1v) is 7.92. The predicted octanol–water partition coefficient (Wildman–Crippen LogP) is 3.11. The van der Waals surface area contributed by atoms with Gasteiger partial charge in [-0.05, 0) is 31.0 Å². The highest BCUT2D eigenvalue weighted by Crippen LogP contribution is 2.25. The second kappa shape index (κ2) is 6.70. The van der Waals surface area contributed by atoms with Crippen molar-refractivity contribution in [1.29, 1.82) is 0 Å². The van der Waals surface area contributed by atoms with Crippen molar-refractivity contribution in [3.8, 4) is 11.6 Å². The number of fused-ring (bicyclic) bond motifs is 1. The monoisotopic (exact) mass is 326 g/mol. The van der Waals surface area contributed by atoms with E-state index in [0.29, 0.717) is 17.9 Å². The number of hydrogen-bond acceptors (Lipinski definition) is 5. The van der Waals surface area contributed by atoms with E-state index in [1.807, 2.05) is 13.0 Å². The standard InChI is InChI=1S/C18H18N2O4/c1-3-5-12-10-16(21)24-15-11-13(6-7-14(12)15)23-17-18(22)20(4-2)9-8-19-17/h6-11H,3-5H2,1-2H3. The lowest BCUT2D eigenvalue weighted by atomic mass is 10.1. The molecule has 124 valence electrons. The van der Waals surface area contributed by atoms with E-state index in [4.69, 9.17) is 9.15 Å². The fraction of sp³-hybridized carbons (Fsp3) is 0.278. The van der Waals surface area contributed by atoms with Crippen LogP contribution in [-0.4, -0.2) is 9.55 Å². The Morgan fingerprint density at radius 3 is 2.79 bits per heavy atom. The van der Waals surface area contributed by atoms with E-state index in [0.717, 1.165) is 23.8 Å². The van der Waals surface area contributed by atoms with Gasteiger partial charge in [0.1, 0.15) is 11.3 Å². The van der Waals surface area contributed by atoms with E-state index in [9.17, 15) is 9.59 Å². The van der Waals surface area contributed by atoms with E-state index < -0.39 is 5.63 Å². The maximum Gasteiger partial charge on any atom is 0.336 e. The van der Waals surface area contributed by atoms with Gasteiger partial charge < -0.3 is 13.7 Å². The molecule has 0 bridgehead atoms. The molecule has 0 N–H and O–H groups in total. The molecule has 2 aromatic heterocycles. The Morgan fingerprint density at radius 1 is 1.21 bits per heavy atom. The highest BCUT2D eigenvalue weighted by Gasteiger charge is 2.10. The van der Waals surface area contributed by atoms with Crippen molar-refractivity contribution in [2.75, 3.05) is 0 Å². The first-order valence-electron chi connectivity index (χ1n) is 7.92. The summed E-state index contributed by atoms with van der Waals surface area (Å²) in [4.78, 5) is 27.9. The number of aryl methyl sites for hydroxylation is 2. The smallest absolute Gasteiger partial charge is 0.336 e. The van der Waals surface area contributed by atoms with Crippen LogP contribution < -0.4 is 15.9 Å². The molecule has 0 saturated carbocycles. The zero-order chi connectivity index (χ0) is 17.1. The summed E-state index contributed by atoms with van der Waals surface area (Å²) in [7, 11) is 0. The molecule has 0 aliphatic carbocycles. The molecule has 0 unspecified atom stereocenters. The fourth-order valence-electron chi connectivity index (χ4n) is 2.61. The summed E-state index contributed by atoms with van der Waals surface area (Å²) in [5, 5.41) is 0.871. The summed E-state index contributed by atoms with van der Waals surface area (Å²) < 4.78 is 12.4. The Kier molecular flexibility index (Phi) is 4.46. The molecule has 24 heavy (non-hydrogen) atoms. The lowest BCUT2D eigenvalue weighted by Crippen LogP contribution is -2.20. The summed E-state index contributed by atoms with van der Waals surface area (Å²) >= 11 is 0. The van der Waals surface area contributed by atoms with Crippen LogP contribution in [0.5, 0.6) is 11.6 Å². The van der Waals surface area contributed by atoms with Crippen LogP contribution in [0, 0.1) is 0 Å². The van der Waals surface area contributed by atoms with Crippen LogP contribution >= 0.6 is 0 Å². The molecule has 2 heterocycles. The largest absolute Gasteiger partial charge is 0.435 e. The average molecular weight is 326 g/mol. The molecule has 1 aromatic carbocycles. The molecule has 3 rings (SSSR count). The SMILES string of the molecule is CCCc1cc(=O)oc2cc(Oc3nccn(CC)c3=O)ccc12. The Balaban J connectivity index is 2.03. The number of ether oxygens (including phenoxy) is 1. The Hall–Kier alpha value is -2.89. The van der Waals surface area contributed by atoms with Crippen molar-refractivity contribution in [2.24, 2.45) is 0 Å². The summed E-state index contributed by atoms with van der Waals surface area (Å²) in [6.45, 7) is 4.45. The third kappa shape index (κ3) is 3.08. The van der Waals surface area contributed by atoms with Gasteiger partial charge in [-0.15, -0.1) is 0 Å². The Morgan fingerprint density at radius 2 is 2.04 bits per heavy atom. The van der Waals surface area contributed by atoms with Gasteiger partial charge in [0.15, 0.2) is 0 Å². The zero-order valence-electron chi connectivity index (χ0n) is 13.6. The van der Waals surface area contributed by atoms with Gasteiger partial charge >= 0.3 is 11.2 Å². The zero-order valence-corrected chi connectivity index (χ0v) is 13.6. The fourth-order valence-corrected chi connectivity index (χ4v) is 2.61. The number of aromatic nitrogens is 2. The van der Waals surface area contributed by atoms with E-state index in [1.54, 1.807) is 18.3 Å². The first kappa shape index (κ1) is 16.0. The minimum Gasteiger partial charge on any atom is -0.435 e. The van der Waals surface area contributed by atoms with E-state index in [1.165, 1.54) is 16.8 Å². The maximum absolute atomic E-state index is 12.2. The van der Waals surface area contributed by atoms with Crippen molar-refractivity contribution in [3.63, 3.8) is 0 Å². The van der Waals surface area contributed by atoms with Gasteiger partial charge in [-0.3, -0.25) is 4.79 Å². The van der Waals surface area contributed by atoms with E-state index >= 15 is 0 Å². The third-order valence-electron chi connectivity index (χ3n) is 3.76. The summed E-state index contributed by atoms with van der Waals surface area (Å²) in [5.41, 5.74) is 0.687. The van der Waals surface area contributed by atoms with Crippen LogP contribution in [0.3, 0.4) is 0 Å². The molecule has 6 nitrogen and oxygen atoms in total. The molecular formula is C18H18N2O4. The maximum atomic E-state index is 12.2. The first-order chi connectivity index (χ1) is 11.6. The molecule has 0 spiro atoms. The topological polar surface area (TPSA) is 74.3 Å². The second-order valence-corrected chi connectivity index (χ2v) is 5.42. The molecule has 6 heteroatoms. The molecule has 0 atom stereocenters. The lowest BCUT2D eigenvalue weighted by Gasteiger charge is -2.08. The highest BCUT2D eigenvalue weighted by atomic mass is 16.5. The van der Waals surface area contributed by atoms with Gasteiger partial charge in [-0.25, -0.2) is 9.78 Å². The Labute approximate surface area is 138 Å². The molecule has 0 fully saturated rings. The van der Waals surface area contributed by atoms with Crippen LogP contribution in [0.15, 0.2) is 50.7 Å². The molecule has 0 aliphatic heterocycles. The van der Waals surface area contributed by atoms with Gasteiger partial charge in [0.25, 0.3) is 5.88 Å². The van der Waals surface area contributed by atoms with Gasteiger partial charge in [0.05, 0.1) is 0 Å². The number of nitrogens with zero attached hydrogens (tertiary/aromatic N) is 2. The molecule has 3 aromatic rings. The normalized spacial score (nSPS) is 10.9. The van der Waals surface area contributed by atoms with E-state index in [-0.39, 0.29) is 11.4 Å². The van der Waals surface area contributed by atoms with Crippen molar-refractivity contribution in [1.82, 2.24) is 9.55 Å². The van der Waals surface area contributed by atoms with Crippen molar-refractivity contribution >= 4 is 11.0 Å². The van der Waals surface area contributed by atoms with Crippen molar-refractivity contribution in [2.45, 2.75) is 33.2 Å². The van der Waals surface area contributed by atoms with Crippen LogP contribution in [0.2, 0.25) is 0 Å². The highest BCUT2D eigenvalue weighted by molar-refractivity contribution is 5.81. The molecule has 0 aliphatic rings. The minimum atomic E-state index is -0.394. The molecule has 0 saturated heterocycles. The number of rotatable bonds is 5. The van der Waals surface area contributed by atoms with Gasteiger partial charge in [0, 0.05) is 36.5 Å². The molecular weight excluding hydrogens is 308 g/mol.